The Balaban J connectivity index is 1.91. The molecule has 1 aromatic carbocycles. The lowest BCUT2D eigenvalue weighted by atomic mass is 10.1. The molecule has 0 aliphatic carbocycles. The van der Waals surface area contributed by atoms with E-state index < -0.39 is 11.8 Å². The van der Waals surface area contributed by atoms with Crippen molar-refractivity contribution in [2.75, 3.05) is 43.4 Å². The minimum Gasteiger partial charge on any atom is -0.368 e. The second-order valence-electron chi connectivity index (χ2n) is 5.54. The van der Waals surface area contributed by atoms with Crippen LogP contribution in [0.5, 0.6) is 0 Å². The molecule has 4 N–H and O–H groups in total. The van der Waals surface area contributed by atoms with Crippen LogP contribution in [0.3, 0.4) is 0 Å². The lowest BCUT2D eigenvalue weighted by molar-refractivity contribution is 0.100. The topological polar surface area (TPSA) is 133 Å². The van der Waals surface area contributed by atoms with Gasteiger partial charge in [0.2, 0.25) is 0 Å². The van der Waals surface area contributed by atoms with Crippen molar-refractivity contribution in [1.82, 2.24) is 25.5 Å². The number of piperazine rings is 1. The van der Waals surface area contributed by atoms with Gasteiger partial charge in [-0.25, -0.2) is 0 Å². The van der Waals surface area contributed by atoms with Crippen molar-refractivity contribution in [3.05, 3.63) is 29.6 Å². The van der Waals surface area contributed by atoms with Gasteiger partial charge in [0.25, 0.3) is 17.6 Å². The second-order valence-corrected chi connectivity index (χ2v) is 5.54. The first-order chi connectivity index (χ1) is 11.6. The fourth-order valence-electron chi connectivity index (χ4n) is 2.65. The third kappa shape index (κ3) is 3.18. The number of hydrogen-bond donors (Lipinski definition) is 3. The predicted molar refractivity (Wildman–Crippen MR) is 86.8 cm³/mol. The number of nitrogens with zero attached hydrogens (tertiary/aromatic N) is 5. The van der Waals surface area contributed by atoms with E-state index in [9.17, 15) is 9.59 Å². The Morgan fingerprint density at radius 2 is 2.00 bits per heavy atom. The molecule has 0 unspecified atom stereocenters. The summed E-state index contributed by atoms with van der Waals surface area (Å²) in [4.78, 5) is 28.4. The summed E-state index contributed by atoms with van der Waals surface area (Å²) in [6.07, 6.45) is 0. The van der Waals surface area contributed by atoms with E-state index in [4.69, 9.17) is 5.73 Å². The number of rotatable bonds is 4. The maximum absolute atomic E-state index is 12.1. The van der Waals surface area contributed by atoms with E-state index in [1.807, 2.05) is 13.1 Å². The van der Waals surface area contributed by atoms with Crippen molar-refractivity contribution in [3.8, 4) is 0 Å². The van der Waals surface area contributed by atoms with Gasteiger partial charge in [0.05, 0.1) is 16.9 Å². The lowest BCUT2D eigenvalue weighted by Crippen LogP contribution is -2.45. The minimum absolute atomic E-state index is 0.115. The first kappa shape index (κ1) is 15.9. The number of anilines is 2. The highest BCUT2D eigenvalue weighted by atomic mass is 16.2. The van der Waals surface area contributed by atoms with Gasteiger partial charge in [-0.05, 0) is 24.4 Å². The molecule has 0 bridgehead atoms. The quantitative estimate of drug-likeness (QED) is 0.675. The summed E-state index contributed by atoms with van der Waals surface area (Å²) in [6.45, 7) is 3.33. The molecule has 126 valence electrons. The van der Waals surface area contributed by atoms with Crippen LogP contribution in [0, 0.1) is 0 Å². The number of likely N-dealkylation sites (N-methyl/N-ethyl adjacent to an activating group) is 1. The standard InChI is InChI=1S/C14H18N8O2/c1-21-5-7-22(8-6-21)10-4-2-3-9(11(10)12(15)23)16-14(24)13-17-19-20-18-13/h2-4H,5-8H2,1H3,(H2,15,23)(H,16,24)(H,17,18,19,20). The summed E-state index contributed by atoms with van der Waals surface area (Å²) in [5.74, 6) is -1.29. The molecule has 2 aromatic rings. The maximum atomic E-state index is 12.1. The first-order valence-electron chi connectivity index (χ1n) is 7.47. The van der Waals surface area contributed by atoms with Crippen LogP contribution in [-0.2, 0) is 0 Å². The molecule has 0 saturated carbocycles. The molecule has 10 nitrogen and oxygen atoms in total. The van der Waals surface area contributed by atoms with Crippen molar-refractivity contribution >= 4 is 23.2 Å². The van der Waals surface area contributed by atoms with Crippen LogP contribution in [0.4, 0.5) is 11.4 Å². The number of nitrogens with two attached hydrogens (primary N) is 1. The highest BCUT2D eigenvalue weighted by molar-refractivity contribution is 6.10. The smallest absolute Gasteiger partial charge is 0.297 e. The monoisotopic (exact) mass is 330 g/mol. The van der Waals surface area contributed by atoms with Gasteiger partial charge in [0.1, 0.15) is 0 Å². The van der Waals surface area contributed by atoms with Crippen molar-refractivity contribution in [3.63, 3.8) is 0 Å². The number of tetrazole rings is 1. The van der Waals surface area contributed by atoms with E-state index in [1.165, 1.54) is 0 Å². The normalized spacial score (nSPS) is 15.3. The molecular formula is C14H18N8O2. The lowest BCUT2D eigenvalue weighted by Gasteiger charge is -2.35. The zero-order valence-corrected chi connectivity index (χ0v) is 13.2. The second kappa shape index (κ2) is 6.62. The van der Waals surface area contributed by atoms with Crippen LogP contribution in [0.15, 0.2) is 18.2 Å². The van der Waals surface area contributed by atoms with Gasteiger partial charge >= 0.3 is 0 Å². The van der Waals surface area contributed by atoms with Gasteiger partial charge in [0.15, 0.2) is 0 Å². The molecule has 1 saturated heterocycles. The van der Waals surface area contributed by atoms with Crippen molar-refractivity contribution in [1.29, 1.82) is 0 Å². The molecule has 2 heterocycles. The SMILES string of the molecule is CN1CCN(c2cccc(NC(=O)c3nn[nH]n3)c2C(N)=O)CC1. The number of nitrogens with one attached hydrogen (secondary N) is 2. The Bertz CT molecular complexity index is 737. The zero-order valence-electron chi connectivity index (χ0n) is 13.2. The number of aromatic amines is 1. The number of H-pyrrole nitrogens is 1. The summed E-state index contributed by atoms with van der Waals surface area (Å²) in [5.41, 5.74) is 6.88. The summed E-state index contributed by atoms with van der Waals surface area (Å²) in [7, 11) is 2.05. The average Bonchev–Trinajstić information content (AvgIpc) is 3.09. The summed E-state index contributed by atoms with van der Waals surface area (Å²) in [5, 5.41) is 15.4. The fraction of sp³-hybridized carbons (Fsp3) is 0.357. The van der Waals surface area contributed by atoms with Crippen LogP contribution < -0.4 is 16.0 Å². The number of carbonyl (C=O) groups is 2. The Morgan fingerprint density at radius 3 is 2.62 bits per heavy atom. The third-order valence-corrected chi connectivity index (χ3v) is 3.93. The van der Waals surface area contributed by atoms with Gasteiger partial charge < -0.3 is 20.9 Å². The molecule has 1 fully saturated rings. The average molecular weight is 330 g/mol. The highest BCUT2D eigenvalue weighted by Crippen LogP contribution is 2.28. The van der Waals surface area contributed by atoms with Crippen molar-refractivity contribution in [2.45, 2.75) is 0 Å². The van der Waals surface area contributed by atoms with Gasteiger partial charge in [-0.3, -0.25) is 9.59 Å². The summed E-state index contributed by atoms with van der Waals surface area (Å²) < 4.78 is 0. The largest absolute Gasteiger partial charge is 0.368 e. The predicted octanol–water partition coefficient (Wildman–Crippen LogP) is -0.697. The molecule has 0 spiro atoms. The summed E-state index contributed by atoms with van der Waals surface area (Å²) >= 11 is 0. The van der Waals surface area contributed by atoms with Gasteiger partial charge in [-0.2, -0.15) is 5.21 Å². The third-order valence-electron chi connectivity index (χ3n) is 3.93. The number of benzene rings is 1. The van der Waals surface area contributed by atoms with E-state index in [-0.39, 0.29) is 11.4 Å². The molecule has 24 heavy (non-hydrogen) atoms. The number of hydrogen-bond acceptors (Lipinski definition) is 7. The van der Waals surface area contributed by atoms with Crippen LogP contribution in [0.2, 0.25) is 0 Å². The van der Waals surface area contributed by atoms with Crippen molar-refractivity contribution in [2.24, 2.45) is 5.73 Å². The molecular weight excluding hydrogens is 312 g/mol. The number of primary amides is 1. The molecule has 2 amide bonds. The Labute approximate surface area is 138 Å². The Hall–Kier alpha value is -3.01. The number of amides is 2. The van der Waals surface area contributed by atoms with E-state index >= 15 is 0 Å². The van der Waals surface area contributed by atoms with E-state index in [0.717, 1.165) is 26.2 Å². The van der Waals surface area contributed by atoms with Crippen LogP contribution in [0.1, 0.15) is 21.0 Å². The maximum Gasteiger partial charge on any atom is 0.297 e. The van der Waals surface area contributed by atoms with Crippen LogP contribution in [-0.4, -0.2) is 70.6 Å². The fourth-order valence-corrected chi connectivity index (χ4v) is 2.65. The molecule has 0 radical (unpaired) electrons. The Kier molecular flexibility index (Phi) is 4.38. The van der Waals surface area contributed by atoms with Gasteiger partial charge in [-0.15, -0.1) is 10.2 Å². The van der Waals surface area contributed by atoms with E-state index in [1.54, 1.807) is 12.1 Å². The van der Waals surface area contributed by atoms with Gasteiger partial charge in [0, 0.05) is 26.2 Å². The van der Waals surface area contributed by atoms with Crippen LogP contribution in [0.25, 0.3) is 0 Å². The van der Waals surface area contributed by atoms with E-state index in [0.29, 0.717) is 11.4 Å². The molecule has 10 heteroatoms. The van der Waals surface area contributed by atoms with Crippen LogP contribution >= 0.6 is 0 Å². The molecule has 1 aliphatic heterocycles. The van der Waals surface area contributed by atoms with Gasteiger partial charge in [-0.1, -0.05) is 6.07 Å². The minimum atomic E-state index is -0.604. The highest BCUT2D eigenvalue weighted by Gasteiger charge is 2.23. The molecule has 1 aliphatic rings. The number of carbonyl (C=O) groups excluding carboxylic acids is 2. The Morgan fingerprint density at radius 1 is 1.25 bits per heavy atom. The molecule has 1 aromatic heterocycles. The van der Waals surface area contributed by atoms with Crippen molar-refractivity contribution < 1.29 is 9.59 Å². The number of aromatic nitrogens is 4. The molecule has 0 atom stereocenters. The molecule has 3 rings (SSSR count). The first-order valence-corrected chi connectivity index (χ1v) is 7.47. The van der Waals surface area contributed by atoms with E-state index in [2.05, 4.69) is 35.7 Å². The summed E-state index contributed by atoms with van der Waals surface area (Å²) in [6, 6.07) is 5.22. The zero-order chi connectivity index (χ0) is 17.1.